The fourth-order valence-electron chi connectivity index (χ4n) is 2.42. The Bertz CT molecular complexity index is 532. The van der Waals surface area contributed by atoms with Gasteiger partial charge >= 0.3 is 0 Å². The van der Waals surface area contributed by atoms with Gasteiger partial charge < -0.3 is 10.2 Å². The molecular weight excluding hydrogens is 274 g/mol. The van der Waals surface area contributed by atoms with Gasteiger partial charge in [0.1, 0.15) is 0 Å². The van der Waals surface area contributed by atoms with E-state index in [1.54, 1.807) is 19.1 Å². The number of nitrogens with one attached hydrogen (secondary N) is 2. The highest BCUT2D eigenvalue weighted by Gasteiger charge is 2.25. The second-order valence-corrected chi connectivity index (χ2v) is 7.46. The predicted molar refractivity (Wildman–Crippen MR) is 83.6 cm³/mol. The van der Waals surface area contributed by atoms with Crippen LogP contribution in [0.25, 0.3) is 0 Å². The Morgan fingerprint density at radius 2 is 1.85 bits per heavy atom. The van der Waals surface area contributed by atoms with Crippen molar-refractivity contribution in [3.63, 3.8) is 0 Å². The lowest BCUT2D eigenvalue weighted by Crippen LogP contribution is -2.24. The molecule has 1 aromatic carbocycles. The minimum atomic E-state index is -3.20. The van der Waals surface area contributed by atoms with Crippen LogP contribution in [-0.4, -0.2) is 44.7 Å². The summed E-state index contributed by atoms with van der Waals surface area (Å²) in [5.41, 5.74) is 1.63. The molecule has 1 aliphatic heterocycles. The number of anilines is 2. The van der Waals surface area contributed by atoms with Gasteiger partial charge in [-0.15, -0.1) is 0 Å². The van der Waals surface area contributed by atoms with Gasteiger partial charge in [-0.1, -0.05) is 0 Å². The summed E-state index contributed by atoms with van der Waals surface area (Å²) < 4.78 is 25.5. The SMILES string of the molecule is CCS(=O)(=O)Nc1ccc(NC2CC(C)N(C)C2)cc1. The zero-order chi connectivity index (χ0) is 14.8. The maximum absolute atomic E-state index is 11.5. The second kappa shape index (κ2) is 6.01. The van der Waals surface area contributed by atoms with Crippen molar-refractivity contribution in [3.05, 3.63) is 24.3 Å². The Balaban J connectivity index is 1.95. The molecule has 6 heteroatoms. The molecule has 0 spiro atoms. The van der Waals surface area contributed by atoms with Gasteiger partial charge in [0.05, 0.1) is 5.75 Å². The van der Waals surface area contributed by atoms with Crippen LogP contribution < -0.4 is 10.0 Å². The third-order valence-electron chi connectivity index (χ3n) is 3.80. The normalized spacial score (nSPS) is 23.8. The molecule has 1 heterocycles. The first-order valence-corrected chi connectivity index (χ1v) is 8.62. The van der Waals surface area contributed by atoms with E-state index in [1.165, 1.54) is 0 Å². The lowest BCUT2D eigenvalue weighted by molar-refractivity contribution is 0.330. The lowest BCUT2D eigenvalue weighted by atomic mass is 10.2. The van der Waals surface area contributed by atoms with E-state index in [2.05, 4.69) is 28.9 Å². The van der Waals surface area contributed by atoms with Crippen LogP contribution >= 0.6 is 0 Å². The van der Waals surface area contributed by atoms with Crippen LogP contribution in [0.1, 0.15) is 20.3 Å². The zero-order valence-corrected chi connectivity index (χ0v) is 13.1. The first-order valence-electron chi connectivity index (χ1n) is 6.97. The van der Waals surface area contributed by atoms with Crippen LogP contribution in [0.4, 0.5) is 11.4 Å². The highest BCUT2D eigenvalue weighted by molar-refractivity contribution is 7.92. The molecule has 0 amide bonds. The van der Waals surface area contributed by atoms with E-state index < -0.39 is 10.0 Å². The molecule has 1 aromatic rings. The fraction of sp³-hybridized carbons (Fsp3) is 0.571. The van der Waals surface area contributed by atoms with Crippen molar-refractivity contribution in [2.45, 2.75) is 32.4 Å². The Hall–Kier alpha value is -1.27. The van der Waals surface area contributed by atoms with Gasteiger partial charge in [-0.3, -0.25) is 4.72 Å². The van der Waals surface area contributed by atoms with E-state index in [0.717, 1.165) is 18.7 Å². The summed E-state index contributed by atoms with van der Waals surface area (Å²) in [6.45, 7) is 4.88. The molecule has 0 saturated carbocycles. The van der Waals surface area contributed by atoms with Gasteiger partial charge in [0.25, 0.3) is 0 Å². The molecule has 0 radical (unpaired) electrons. The molecule has 5 nitrogen and oxygen atoms in total. The van der Waals surface area contributed by atoms with E-state index >= 15 is 0 Å². The average Bonchev–Trinajstić information content (AvgIpc) is 2.70. The summed E-state index contributed by atoms with van der Waals surface area (Å²) in [5.74, 6) is 0.0826. The van der Waals surface area contributed by atoms with Crippen LogP contribution in [-0.2, 0) is 10.0 Å². The number of benzene rings is 1. The summed E-state index contributed by atoms with van der Waals surface area (Å²) in [6.07, 6.45) is 1.13. The van der Waals surface area contributed by atoms with Crippen molar-refractivity contribution in [3.8, 4) is 0 Å². The first kappa shape index (κ1) is 15.1. The van der Waals surface area contributed by atoms with Gasteiger partial charge in [0.15, 0.2) is 0 Å². The van der Waals surface area contributed by atoms with Gasteiger partial charge in [0, 0.05) is 30.0 Å². The van der Waals surface area contributed by atoms with E-state index in [1.807, 2.05) is 12.1 Å². The third-order valence-corrected chi connectivity index (χ3v) is 5.10. The van der Waals surface area contributed by atoms with Crippen molar-refractivity contribution in [1.29, 1.82) is 0 Å². The van der Waals surface area contributed by atoms with Crippen LogP contribution in [0, 0.1) is 0 Å². The van der Waals surface area contributed by atoms with Gasteiger partial charge in [-0.2, -0.15) is 0 Å². The zero-order valence-electron chi connectivity index (χ0n) is 12.3. The van der Waals surface area contributed by atoms with E-state index in [9.17, 15) is 8.42 Å². The molecule has 2 atom stereocenters. The highest BCUT2D eigenvalue weighted by atomic mass is 32.2. The van der Waals surface area contributed by atoms with Crippen LogP contribution in [0.3, 0.4) is 0 Å². The van der Waals surface area contributed by atoms with E-state index in [0.29, 0.717) is 17.8 Å². The molecule has 1 saturated heterocycles. The Labute approximate surface area is 121 Å². The maximum atomic E-state index is 11.5. The summed E-state index contributed by atoms with van der Waals surface area (Å²) in [5, 5.41) is 3.49. The number of hydrogen-bond acceptors (Lipinski definition) is 4. The van der Waals surface area contributed by atoms with Gasteiger partial charge in [-0.25, -0.2) is 8.42 Å². The van der Waals surface area contributed by atoms with Gasteiger partial charge in [0.2, 0.25) is 10.0 Å². The largest absolute Gasteiger partial charge is 0.381 e. The van der Waals surface area contributed by atoms with Gasteiger partial charge in [-0.05, 0) is 51.6 Å². The Morgan fingerprint density at radius 3 is 2.35 bits per heavy atom. The summed E-state index contributed by atoms with van der Waals surface area (Å²) in [7, 11) is -1.07. The minimum absolute atomic E-state index is 0.0826. The van der Waals surface area contributed by atoms with Crippen LogP contribution in [0.2, 0.25) is 0 Å². The van der Waals surface area contributed by atoms with E-state index in [-0.39, 0.29) is 5.75 Å². The number of likely N-dealkylation sites (tertiary alicyclic amines) is 1. The molecule has 112 valence electrons. The minimum Gasteiger partial charge on any atom is -0.381 e. The molecule has 0 aliphatic carbocycles. The molecule has 0 bridgehead atoms. The molecule has 0 aromatic heterocycles. The molecular formula is C14H23N3O2S. The quantitative estimate of drug-likeness (QED) is 0.872. The monoisotopic (exact) mass is 297 g/mol. The fourth-order valence-corrected chi connectivity index (χ4v) is 3.06. The summed E-state index contributed by atoms with van der Waals surface area (Å²) in [4.78, 5) is 2.33. The highest BCUT2D eigenvalue weighted by Crippen LogP contribution is 2.21. The molecule has 1 fully saturated rings. The number of sulfonamides is 1. The third kappa shape index (κ3) is 3.86. The van der Waals surface area contributed by atoms with Crippen molar-refractivity contribution >= 4 is 21.4 Å². The van der Waals surface area contributed by atoms with Crippen molar-refractivity contribution < 1.29 is 8.42 Å². The maximum Gasteiger partial charge on any atom is 0.232 e. The first-order chi connectivity index (χ1) is 9.39. The molecule has 2 rings (SSSR count). The standard InChI is InChI=1S/C14H23N3O2S/c1-4-20(18,19)16-13-7-5-12(6-8-13)15-14-9-11(2)17(3)10-14/h5-8,11,14-16H,4,9-10H2,1-3H3. The average molecular weight is 297 g/mol. The van der Waals surface area contributed by atoms with Crippen molar-refractivity contribution in [1.82, 2.24) is 4.90 Å². The van der Waals surface area contributed by atoms with Crippen LogP contribution in [0.5, 0.6) is 0 Å². The smallest absolute Gasteiger partial charge is 0.232 e. The van der Waals surface area contributed by atoms with Crippen molar-refractivity contribution in [2.24, 2.45) is 0 Å². The lowest BCUT2D eigenvalue weighted by Gasteiger charge is -2.15. The number of likely N-dealkylation sites (N-methyl/N-ethyl adjacent to an activating group) is 1. The summed E-state index contributed by atoms with van der Waals surface area (Å²) >= 11 is 0. The Morgan fingerprint density at radius 1 is 1.25 bits per heavy atom. The number of rotatable bonds is 5. The van der Waals surface area contributed by atoms with Crippen molar-refractivity contribution in [2.75, 3.05) is 29.4 Å². The summed E-state index contributed by atoms with van der Waals surface area (Å²) in [6, 6.07) is 8.46. The van der Waals surface area contributed by atoms with E-state index in [4.69, 9.17) is 0 Å². The second-order valence-electron chi connectivity index (χ2n) is 5.45. The topological polar surface area (TPSA) is 61.4 Å². The molecule has 20 heavy (non-hydrogen) atoms. The molecule has 2 unspecified atom stereocenters. The number of nitrogens with zero attached hydrogens (tertiary/aromatic N) is 1. The molecule has 1 aliphatic rings. The predicted octanol–water partition coefficient (Wildman–Crippen LogP) is 1.95. The van der Waals surface area contributed by atoms with Crippen LogP contribution in [0.15, 0.2) is 24.3 Å². The number of hydrogen-bond donors (Lipinski definition) is 2. The molecule has 2 N–H and O–H groups in total. The Kier molecular flexibility index (Phi) is 4.55.